The maximum atomic E-state index is 12.0. The predicted octanol–water partition coefficient (Wildman–Crippen LogP) is 2.18. The third-order valence-electron chi connectivity index (χ3n) is 2.48. The van der Waals surface area contributed by atoms with Gasteiger partial charge in [-0.15, -0.1) is 0 Å². The van der Waals surface area contributed by atoms with Crippen LogP contribution in [0.2, 0.25) is 5.02 Å². The molecule has 0 unspecified atom stereocenters. The van der Waals surface area contributed by atoms with E-state index in [0.717, 1.165) is 6.26 Å². The number of anilines is 2. The van der Waals surface area contributed by atoms with Crippen LogP contribution in [0.4, 0.5) is 11.7 Å². The summed E-state index contributed by atoms with van der Waals surface area (Å²) in [6, 6.07) is 2.99. The molecule has 2 aromatic rings. The van der Waals surface area contributed by atoms with Gasteiger partial charge in [-0.05, 0) is 0 Å². The number of carbonyl (C=O) groups is 1. The smallest absolute Gasteiger partial charge is 0.292 e. The molecule has 20 heavy (non-hydrogen) atoms. The van der Waals surface area contributed by atoms with Gasteiger partial charge >= 0.3 is 0 Å². The number of halogens is 1. The number of amides is 1. The Hall–Kier alpha value is -2.41. The van der Waals surface area contributed by atoms with Crippen LogP contribution in [0, 0.1) is 0 Å². The fourth-order valence-electron chi connectivity index (χ4n) is 1.54. The van der Waals surface area contributed by atoms with E-state index in [-0.39, 0.29) is 11.7 Å². The van der Waals surface area contributed by atoms with Crippen molar-refractivity contribution in [3.05, 3.63) is 29.1 Å². The Balaban J connectivity index is 2.30. The van der Waals surface area contributed by atoms with Crippen LogP contribution in [0.1, 0.15) is 10.5 Å². The summed E-state index contributed by atoms with van der Waals surface area (Å²) in [4.78, 5) is 15.7. The Kier molecular flexibility index (Phi) is 3.99. The van der Waals surface area contributed by atoms with Crippen LogP contribution in [-0.2, 0) is 0 Å². The summed E-state index contributed by atoms with van der Waals surface area (Å²) < 4.78 is 15.0. The minimum absolute atomic E-state index is 0.0541. The first-order valence-electron chi connectivity index (χ1n) is 5.49. The average molecular weight is 298 g/mol. The lowest BCUT2D eigenvalue weighted by molar-refractivity contribution is 0.102. The summed E-state index contributed by atoms with van der Waals surface area (Å²) in [6.45, 7) is 0. The Morgan fingerprint density at radius 1 is 1.35 bits per heavy atom. The van der Waals surface area contributed by atoms with E-state index in [1.807, 2.05) is 0 Å². The lowest BCUT2D eigenvalue weighted by atomic mass is 10.2. The highest BCUT2D eigenvalue weighted by Crippen LogP contribution is 2.36. The van der Waals surface area contributed by atoms with E-state index in [0.29, 0.717) is 22.2 Å². The molecule has 106 valence electrons. The number of nitrogens with zero attached hydrogens (tertiary/aromatic N) is 1. The molecular weight excluding hydrogens is 286 g/mol. The first-order valence-corrected chi connectivity index (χ1v) is 5.86. The van der Waals surface area contributed by atoms with Crippen LogP contribution < -0.4 is 20.5 Å². The van der Waals surface area contributed by atoms with E-state index < -0.39 is 5.91 Å². The van der Waals surface area contributed by atoms with Gasteiger partial charge in [0, 0.05) is 12.1 Å². The van der Waals surface area contributed by atoms with Gasteiger partial charge in [0.05, 0.1) is 24.9 Å². The molecule has 0 aliphatic carbocycles. The lowest BCUT2D eigenvalue weighted by Crippen LogP contribution is -2.13. The largest absolute Gasteiger partial charge is 0.495 e. The highest BCUT2D eigenvalue weighted by Gasteiger charge is 2.16. The maximum absolute atomic E-state index is 12.0. The molecule has 1 aromatic carbocycles. The number of oxazole rings is 1. The highest BCUT2D eigenvalue weighted by atomic mass is 35.5. The van der Waals surface area contributed by atoms with E-state index in [9.17, 15) is 4.79 Å². The molecule has 0 spiro atoms. The second kappa shape index (κ2) is 5.70. The van der Waals surface area contributed by atoms with Crippen molar-refractivity contribution in [1.29, 1.82) is 0 Å². The number of aromatic nitrogens is 1. The third-order valence-corrected chi connectivity index (χ3v) is 2.77. The Morgan fingerprint density at radius 2 is 2.05 bits per heavy atom. The van der Waals surface area contributed by atoms with Gasteiger partial charge in [0.2, 0.25) is 0 Å². The number of ether oxygens (including phenoxy) is 2. The number of benzene rings is 1. The average Bonchev–Trinajstić information content (AvgIpc) is 2.87. The van der Waals surface area contributed by atoms with Crippen molar-refractivity contribution in [3.8, 4) is 11.5 Å². The van der Waals surface area contributed by atoms with Crippen LogP contribution in [0.3, 0.4) is 0 Å². The summed E-state index contributed by atoms with van der Waals surface area (Å²) in [6.07, 6.45) is 1.16. The highest BCUT2D eigenvalue weighted by molar-refractivity contribution is 6.32. The molecule has 0 atom stereocenters. The number of nitrogens with two attached hydrogens (primary N) is 1. The summed E-state index contributed by atoms with van der Waals surface area (Å²) >= 11 is 5.98. The standard InChI is InChI=1S/C12H12ClN3O4/c1-18-9-4-7(10(19-2)3-6(9)13)15-11(17)8-5-20-12(14)16-8/h3-5H,1-2H3,(H2,14,16)(H,15,17). The van der Waals surface area contributed by atoms with Gasteiger partial charge in [0.1, 0.15) is 17.8 Å². The molecule has 0 radical (unpaired) electrons. The molecule has 0 saturated carbocycles. The van der Waals surface area contributed by atoms with Crippen molar-refractivity contribution in [2.75, 3.05) is 25.3 Å². The zero-order valence-electron chi connectivity index (χ0n) is 10.8. The molecular formula is C12H12ClN3O4. The Morgan fingerprint density at radius 3 is 2.60 bits per heavy atom. The molecule has 0 fully saturated rings. The molecule has 7 nitrogen and oxygen atoms in total. The van der Waals surface area contributed by atoms with Crippen molar-refractivity contribution >= 4 is 29.2 Å². The molecule has 2 rings (SSSR count). The van der Waals surface area contributed by atoms with Gasteiger partial charge in [0.15, 0.2) is 5.69 Å². The first-order chi connectivity index (χ1) is 9.55. The molecule has 1 heterocycles. The van der Waals surface area contributed by atoms with Gasteiger partial charge in [-0.25, -0.2) is 0 Å². The zero-order chi connectivity index (χ0) is 14.7. The second-order valence-electron chi connectivity index (χ2n) is 3.71. The second-order valence-corrected chi connectivity index (χ2v) is 4.12. The molecule has 1 aromatic heterocycles. The monoisotopic (exact) mass is 297 g/mol. The number of hydrogen-bond acceptors (Lipinski definition) is 6. The van der Waals surface area contributed by atoms with Gasteiger partial charge in [-0.1, -0.05) is 11.6 Å². The van der Waals surface area contributed by atoms with Crippen molar-refractivity contribution in [2.45, 2.75) is 0 Å². The zero-order valence-corrected chi connectivity index (χ0v) is 11.5. The quantitative estimate of drug-likeness (QED) is 0.897. The number of carbonyl (C=O) groups excluding carboxylic acids is 1. The van der Waals surface area contributed by atoms with Crippen molar-refractivity contribution in [1.82, 2.24) is 4.98 Å². The SMILES string of the molecule is COc1cc(NC(=O)c2coc(N)n2)c(OC)cc1Cl. The van der Waals surface area contributed by atoms with Gasteiger partial charge in [-0.3, -0.25) is 4.79 Å². The van der Waals surface area contributed by atoms with Crippen LogP contribution >= 0.6 is 11.6 Å². The number of hydrogen-bond donors (Lipinski definition) is 2. The summed E-state index contributed by atoms with van der Waals surface area (Å²) in [5, 5.41) is 2.98. The summed E-state index contributed by atoms with van der Waals surface area (Å²) in [5.41, 5.74) is 5.75. The third kappa shape index (κ3) is 2.77. The van der Waals surface area contributed by atoms with Crippen LogP contribution in [0.25, 0.3) is 0 Å². The van der Waals surface area contributed by atoms with E-state index in [2.05, 4.69) is 10.3 Å². The maximum Gasteiger partial charge on any atom is 0.292 e. The van der Waals surface area contributed by atoms with Crippen LogP contribution in [-0.4, -0.2) is 25.1 Å². The summed E-state index contributed by atoms with van der Waals surface area (Å²) in [7, 11) is 2.93. The first kappa shape index (κ1) is 14.0. The minimum atomic E-state index is -0.492. The van der Waals surface area contributed by atoms with Crippen molar-refractivity contribution in [2.24, 2.45) is 0 Å². The Labute approximate surface area is 119 Å². The molecule has 0 bridgehead atoms. The van der Waals surface area contributed by atoms with E-state index >= 15 is 0 Å². The lowest BCUT2D eigenvalue weighted by Gasteiger charge is -2.12. The molecule has 0 aliphatic heterocycles. The predicted molar refractivity (Wildman–Crippen MR) is 73.4 cm³/mol. The normalized spacial score (nSPS) is 10.2. The van der Waals surface area contributed by atoms with Crippen molar-refractivity contribution < 1.29 is 18.7 Å². The van der Waals surface area contributed by atoms with Gasteiger partial charge in [0.25, 0.3) is 11.9 Å². The molecule has 8 heteroatoms. The van der Waals surface area contributed by atoms with Crippen molar-refractivity contribution in [3.63, 3.8) is 0 Å². The topological polar surface area (TPSA) is 99.6 Å². The van der Waals surface area contributed by atoms with Crippen LogP contribution in [0.15, 0.2) is 22.8 Å². The molecule has 0 aliphatic rings. The number of nitrogens with one attached hydrogen (secondary N) is 1. The van der Waals surface area contributed by atoms with E-state index in [4.69, 9.17) is 31.2 Å². The van der Waals surface area contributed by atoms with Gasteiger partial charge in [-0.2, -0.15) is 4.98 Å². The molecule has 1 amide bonds. The minimum Gasteiger partial charge on any atom is -0.495 e. The number of rotatable bonds is 4. The number of methoxy groups -OCH3 is 2. The van der Waals surface area contributed by atoms with Gasteiger partial charge < -0.3 is 24.9 Å². The van der Waals surface area contributed by atoms with E-state index in [1.54, 1.807) is 6.07 Å². The Bertz CT molecular complexity index is 642. The van der Waals surface area contributed by atoms with Crippen LogP contribution in [0.5, 0.6) is 11.5 Å². The van der Waals surface area contributed by atoms with E-state index in [1.165, 1.54) is 20.3 Å². The number of nitrogen functional groups attached to an aromatic ring is 1. The molecule has 0 saturated heterocycles. The molecule has 3 N–H and O–H groups in total. The fraction of sp³-hybridized carbons (Fsp3) is 0.167. The fourth-order valence-corrected chi connectivity index (χ4v) is 1.77. The summed E-state index contributed by atoms with van der Waals surface area (Å²) in [5.74, 6) is 0.302.